The molecule has 0 saturated heterocycles. The molecule has 2 rings (SSSR count). The molecule has 0 bridgehead atoms. The number of nitrogens with zero attached hydrogens (tertiary/aromatic N) is 1. The third-order valence-electron chi connectivity index (χ3n) is 3.43. The van der Waals surface area contributed by atoms with Crippen LogP contribution in [0.1, 0.15) is 11.1 Å². The number of aliphatic carboxylic acids is 1. The van der Waals surface area contributed by atoms with Crippen molar-refractivity contribution >= 4 is 35.2 Å². The summed E-state index contributed by atoms with van der Waals surface area (Å²) in [4.78, 5) is 22.8. The largest absolute Gasteiger partial charge is 0.482 e. The highest BCUT2D eigenvalue weighted by Gasteiger charge is 2.12. The second kappa shape index (κ2) is 8.70. The zero-order valence-corrected chi connectivity index (χ0v) is 14.6. The van der Waals surface area contributed by atoms with Crippen LogP contribution in [-0.2, 0) is 9.59 Å². The average molecular weight is 371 g/mol. The molecule has 0 aromatic heterocycles. The van der Waals surface area contributed by atoms with Crippen LogP contribution in [0.15, 0.2) is 48.0 Å². The van der Waals surface area contributed by atoms with Gasteiger partial charge in [-0.3, -0.25) is 4.79 Å². The SMILES string of the molecule is Cc1c(Cl)cccc1NC(=O)/C(C#N)=C/c1ccc(OCC(=O)O)cc1. The van der Waals surface area contributed by atoms with Crippen LogP contribution in [0.2, 0.25) is 5.02 Å². The fourth-order valence-corrected chi connectivity index (χ4v) is 2.23. The van der Waals surface area contributed by atoms with Gasteiger partial charge in [0, 0.05) is 10.7 Å². The number of amides is 1. The molecule has 26 heavy (non-hydrogen) atoms. The lowest BCUT2D eigenvalue weighted by atomic mass is 10.1. The summed E-state index contributed by atoms with van der Waals surface area (Å²) in [5, 5.41) is 21.0. The number of benzene rings is 2. The van der Waals surface area contributed by atoms with E-state index < -0.39 is 18.5 Å². The smallest absolute Gasteiger partial charge is 0.341 e. The van der Waals surface area contributed by atoms with E-state index in [0.717, 1.165) is 0 Å². The standard InChI is InChI=1S/C19H15ClN2O4/c1-12-16(20)3-2-4-17(12)22-19(25)14(10-21)9-13-5-7-15(8-6-13)26-11-18(23)24/h2-9H,11H2,1H3,(H,22,25)(H,23,24)/b14-9+. The molecular weight excluding hydrogens is 356 g/mol. The van der Waals surface area contributed by atoms with E-state index in [4.69, 9.17) is 21.4 Å². The number of carboxylic acids is 1. The fraction of sp³-hybridized carbons (Fsp3) is 0.105. The Bertz CT molecular complexity index is 899. The van der Waals surface area contributed by atoms with Crippen LogP contribution in [0.3, 0.4) is 0 Å². The fourth-order valence-electron chi connectivity index (χ4n) is 2.05. The lowest BCUT2D eigenvalue weighted by molar-refractivity contribution is -0.139. The third-order valence-corrected chi connectivity index (χ3v) is 3.84. The number of nitrogens with one attached hydrogen (secondary N) is 1. The van der Waals surface area contributed by atoms with E-state index in [2.05, 4.69) is 5.32 Å². The van der Waals surface area contributed by atoms with Gasteiger partial charge in [-0.05, 0) is 48.4 Å². The Kier molecular flexibility index (Phi) is 6.36. The maximum absolute atomic E-state index is 12.3. The lowest BCUT2D eigenvalue weighted by Gasteiger charge is -2.09. The monoisotopic (exact) mass is 370 g/mol. The van der Waals surface area contributed by atoms with E-state index in [0.29, 0.717) is 27.6 Å². The molecule has 0 radical (unpaired) electrons. The minimum Gasteiger partial charge on any atom is -0.482 e. The summed E-state index contributed by atoms with van der Waals surface area (Å²) in [5.41, 5.74) is 1.76. The summed E-state index contributed by atoms with van der Waals surface area (Å²) in [6.07, 6.45) is 1.43. The molecule has 7 heteroatoms. The minimum absolute atomic E-state index is 0.0800. The minimum atomic E-state index is -1.08. The van der Waals surface area contributed by atoms with Crippen molar-refractivity contribution < 1.29 is 19.4 Å². The summed E-state index contributed by atoms with van der Waals surface area (Å²) in [7, 11) is 0. The molecule has 132 valence electrons. The zero-order chi connectivity index (χ0) is 19.1. The summed E-state index contributed by atoms with van der Waals surface area (Å²) in [5.74, 6) is -1.25. The van der Waals surface area contributed by atoms with Crippen LogP contribution in [0.25, 0.3) is 6.08 Å². The van der Waals surface area contributed by atoms with Crippen LogP contribution in [0.4, 0.5) is 5.69 Å². The number of carbonyl (C=O) groups is 2. The van der Waals surface area contributed by atoms with Crippen molar-refractivity contribution in [3.8, 4) is 11.8 Å². The highest BCUT2D eigenvalue weighted by Crippen LogP contribution is 2.23. The maximum atomic E-state index is 12.3. The number of nitriles is 1. The highest BCUT2D eigenvalue weighted by atomic mass is 35.5. The lowest BCUT2D eigenvalue weighted by Crippen LogP contribution is -2.14. The molecular formula is C19H15ClN2O4. The first-order valence-corrected chi connectivity index (χ1v) is 7.91. The van der Waals surface area contributed by atoms with Crippen molar-refractivity contribution in [2.45, 2.75) is 6.92 Å². The molecule has 2 aromatic carbocycles. The molecule has 6 nitrogen and oxygen atoms in total. The summed E-state index contributed by atoms with van der Waals surface area (Å²) >= 11 is 6.02. The molecule has 0 aliphatic carbocycles. The van der Waals surface area contributed by atoms with E-state index >= 15 is 0 Å². The van der Waals surface area contributed by atoms with Gasteiger partial charge in [0.05, 0.1) is 0 Å². The summed E-state index contributed by atoms with van der Waals surface area (Å²) in [6.45, 7) is 1.32. The topological polar surface area (TPSA) is 99.4 Å². The van der Waals surface area contributed by atoms with Crippen molar-refractivity contribution in [3.05, 3.63) is 64.2 Å². The van der Waals surface area contributed by atoms with Crippen molar-refractivity contribution in [1.82, 2.24) is 0 Å². The first-order valence-electron chi connectivity index (χ1n) is 7.53. The molecule has 0 unspecified atom stereocenters. The highest BCUT2D eigenvalue weighted by molar-refractivity contribution is 6.31. The van der Waals surface area contributed by atoms with Crippen LogP contribution in [0.5, 0.6) is 5.75 Å². The van der Waals surface area contributed by atoms with Crippen LogP contribution in [-0.4, -0.2) is 23.6 Å². The second-order valence-corrected chi connectivity index (χ2v) is 5.69. The summed E-state index contributed by atoms with van der Waals surface area (Å²) < 4.78 is 5.03. The van der Waals surface area contributed by atoms with Gasteiger partial charge in [-0.2, -0.15) is 5.26 Å². The Morgan fingerprint density at radius 3 is 2.58 bits per heavy atom. The van der Waals surface area contributed by atoms with Crippen molar-refractivity contribution in [3.63, 3.8) is 0 Å². The second-order valence-electron chi connectivity index (χ2n) is 5.29. The number of rotatable bonds is 6. The predicted molar refractivity (Wildman–Crippen MR) is 98.0 cm³/mol. The van der Waals surface area contributed by atoms with Crippen molar-refractivity contribution in [2.24, 2.45) is 0 Å². The van der Waals surface area contributed by atoms with Gasteiger partial charge in [-0.25, -0.2) is 4.79 Å². The van der Waals surface area contributed by atoms with Crippen LogP contribution >= 0.6 is 11.6 Å². The Morgan fingerprint density at radius 2 is 1.96 bits per heavy atom. The number of hydrogen-bond donors (Lipinski definition) is 2. The van der Waals surface area contributed by atoms with Crippen LogP contribution < -0.4 is 10.1 Å². The van der Waals surface area contributed by atoms with Crippen LogP contribution in [0, 0.1) is 18.3 Å². The van der Waals surface area contributed by atoms with Gasteiger partial charge in [0.1, 0.15) is 17.4 Å². The van der Waals surface area contributed by atoms with Gasteiger partial charge < -0.3 is 15.2 Å². The van der Waals surface area contributed by atoms with Gasteiger partial charge in [-0.15, -0.1) is 0 Å². The first kappa shape index (κ1) is 19.0. The Morgan fingerprint density at radius 1 is 1.27 bits per heavy atom. The Hall–Kier alpha value is -3.30. The maximum Gasteiger partial charge on any atom is 0.341 e. The third kappa shape index (κ3) is 5.10. The molecule has 0 heterocycles. The molecule has 0 aliphatic heterocycles. The normalized spacial score (nSPS) is 10.7. The Balaban J connectivity index is 2.14. The van der Waals surface area contributed by atoms with Gasteiger partial charge >= 0.3 is 5.97 Å². The van der Waals surface area contributed by atoms with Gasteiger partial charge in [0.15, 0.2) is 6.61 Å². The first-order chi connectivity index (χ1) is 12.4. The number of carboxylic acid groups (broad SMARTS) is 1. The number of hydrogen-bond acceptors (Lipinski definition) is 4. The predicted octanol–water partition coefficient (Wildman–Crippen LogP) is 3.66. The number of anilines is 1. The van der Waals surface area contributed by atoms with E-state index in [1.807, 2.05) is 6.07 Å². The number of halogens is 1. The van der Waals surface area contributed by atoms with Crippen molar-refractivity contribution in [2.75, 3.05) is 11.9 Å². The molecule has 0 aliphatic rings. The number of ether oxygens (including phenoxy) is 1. The Labute approximate surface area is 155 Å². The number of carbonyl (C=O) groups excluding carboxylic acids is 1. The van der Waals surface area contributed by atoms with E-state index in [9.17, 15) is 14.9 Å². The average Bonchev–Trinajstić information content (AvgIpc) is 2.62. The molecule has 0 spiro atoms. The zero-order valence-electron chi connectivity index (χ0n) is 13.8. The molecule has 2 aromatic rings. The molecule has 1 amide bonds. The van der Waals surface area contributed by atoms with E-state index in [-0.39, 0.29) is 5.57 Å². The molecule has 0 atom stereocenters. The van der Waals surface area contributed by atoms with Crippen molar-refractivity contribution in [1.29, 1.82) is 5.26 Å². The molecule has 0 saturated carbocycles. The quantitative estimate of drug-likeness (QED) is 0.597. The van der Waals surface area contributed by atoms with E-state index in [1.165, 1.54) is 6.08 Å². The molecule has 0 fully saturated rings. The van der Waals surface area contributed by atoms with Gasteiger partial charge in [-0.1, -0.05) is 29.8 Å². The van der Waals surface area contributed by atoms with E-state index in [1.54, 1.807) is 49.4 Å². The summed E-state index contributed by atoms with van der Waals surface area (Å²) in [6, 6.07) is 13.3. The van der Waals surface area contributed by atoms with Gasteiger partial charge in [0.25, 0.3) is 5.91 Å². The molecule has 2 N–H and O–H groups in total. The van der Waals surface area contributed by atoms with Gasteiger partial charge in [0.2, 0.25) is 0 Å².